The summed E-state index contributed by atoms with van der Waals surface area (Å²) < 4.78 is 16.2. The van der Waals surface area contributed by atoms with Gasteiger partial charge in [-0.25, -0.2) is 13.9 Å². The summed E-state index contributed by atoms with van der Waals surface area (Å²) in [5.41, 5.74) is 2.64. The zero-order valence-corrected chi connectivity index (χ0v) is 15.5. The minimum absolute atomic E-state index is 0.266. The molecule has 0 spiro atoms. The molecule has 29 heavy (non-hydrogen) atoms. The lowest BCUT2D eigenvalue weighted by molar-refractivity contribution is -0.112. The highest BCUT2D eigenvalue weighted by molar-refractivity contribution is 5.64. The van der Waals surface area contributed by atoms with E-state index in [4.69, 9.17) is 0 Å². The molecule has 2 aromatic heterocycles. The molecule has 0 aliphatic heterocycles. The lowest BCUT2D eigenvalue weighted by Gasteiger charge is -2.42. The van der Waals surface area contributed by atoms with Gasteiger partial charge in [0, 0.05) is 18.0 Å². The Hall–Kier alpha value is -3.61. The topological polar surface area (TPSA) is 72.2 Å². The molecule has 5 rings (SSSR count). The fourth-order valence-corrected chi connectivity index (χ4v) is 3.83. The summed E-state index contributed by atoms with van der Waals surface area (Å²) in [5.74, 6) is 0.255. The third-order valence-electron chi connectivity index (χ3n) is 5.60. The lowest BCUT2D eigenvalue weighted by atomic mass is 9.71. The van der Waals surface area contributed by atoms with Crippen LogP contribution in [0.4, 0.5) is 4.39 Å². The highest BCUT2D eigenvalue weighted by Crippen LogP contribution is 2.42. The van der Waals surface area contributed by atoms with Gasteiger partial charge >= 0.3 is 0 Å². The van der Waals surface area contributed by atoms with Crippen molar-refractivity contribution in [3.63, 3.8) is 0 Å². The van der Waals surface area contributed by atoms with E-state index in [-0.39, 0.29) is 5.82 Å². The zero-order chi connectivity index (χ0) is 19.8. The number of hydrogen-bond donors (Lipinski definition) is 1. The SMILES string of the molecule is O=CNC1(c2ccc(F)c(-c3nc4ncc(-c5ccccc5)cn4n3)c2)CCC1. The van der Waals surface area contributed by atoms with Gasteiger partial charge in [-0.2, -0.15) is 4.98 Å². The van der Waals surface area contributed by atoms with Gasteiger partial charge in [-0.15, -0.1) is 5.10 Å². The van der Waals surface area contributed by atoms with Gasteiger partial charge in [0.1, 0.15) is 5.82 Å². The smallest absolute Gasteiger partial charge is 0.252 e. The monoisotopic (exact) mass is 387 g/mol. The first kappa shape index (κ1) is 17.5. The average Bonchev–Trinajstić information content (AvgIpc) is 3.15. The molecule has 1 saturated carbocycles. The maximum absolute atomic E-state index is 14.6. The van der Waals surface area contributed by atoms with Gasteiger partial charge in [-0.3, -0.25) is 4.79 Å². The van der Waals surface area contributed by atoms with Crippen LogP contribution in [0.2, 0.25) is 0 Å². The first-order chi connectivity index (χ1) is 14.2. The first-order valence-electron chi connectivity index (χ1n) is 9.48. The van der Waals surface area contributed by atoms with Crippen LogP contribution in [0.1, 0.15) is 24.8 Å². The Bertz CT molecular complexity index is 1200. The zero-order valence-electron chi connectivity index (χ0n) is 15.5. The molecule has 6 nitrogen and oxygen atoms in total. The molecule has 2 aromatic carbocycles. The van der Waals surface area contributed by atoms with Crippen LogP contribution in [0, 0.1) is 5.82 Å². The van der Waals surface area contributed by atoms with Crippen molar-refractivity contribution >= 4 is 12.2 Å². The standard InChI is InChI=1S/C22H18FN5O/c23-19-8-7-17(22(25-14-29)9-4-10-22)11-18(19)20-26-21-24-12-16(13-28(21)27-20)15-5-2-1-3-6-15/h1-3,5-8,11-14H,4,9-10H2,(H,25,29). The second-order valence-corrected chi connectivity index (χ2v) is 7.28. The van der Waals surface area contributed by atoms with Crippen molar-refractivity contribution in [3.8, 4) is 22.5 Å². The summed E-state index contributed by atoms with van der Waals surface area (Å²) in [5, 5.41) is 7.36. The second kappa shape index (κ2) is 6.77. The Morgan fingerprint density at radius 1 is 1.10 bits per heavy atom. The predicted octanol–water partition coefficient (Wildman–Crippen LogP) is 3.72. The van der Waals surface area contributed by atoms with Gasteiger partial charge < -0.3 is 5.32 Å². The largest absolute Gasteiger partial charge is 0.349 e. The van der Waals surface area contributed by atoms with Gasteiger partial charge in [-0.1, -0.05) is 36.4 Å². The number of carbonyl (C=O) groups excluding carboxylic acids is 1. The summed E-state index contributed by atoms with van der Waals surface area (Å²) in [4.78, 5) is 19.8. The number of halogens is 1. The van der Waals surface area contributed by atoms with Crippen LogP contribution >= 0.6 is 0 Å². The maximum atomic E-state index is 14.6. The van der Waals surface area contributed by atoms with Crippen molar-refractivity contribution in [3.05, 3.63) is 72.3 Å². The molecule has 1 aliphatic carbocycles. The van der Waals surface area contributed by atoms with E-state index in [2.05, 4.69) is 20.4 Å². The molecular weight excluding hydrogens is 369 g/mol. The number of hydrogen-bond acceptors (Lipinski definition) is 4. The number of amides is 1. The van der Waals surface area contributed by atoms with Gasteiger partial charge in [0.25, 0.3) is 5.78 Å². The summed E-state index contributed by atoms with van der Waals surface area (Å²) in [6, 6.07) is 14.7. The highest BCUT2D eigenvalue weighted by atomic mass is 19.1. The van der Waals surface area contributed by atoms with Crippen LogP contribution in [-0.2, 0) is 10.3 Å². The van der Waals surface area contributed by atoms with E-state index in [0.29, 0.717) is 17.8 Å². The normalized spacial score (nSPS) is 15.1. The molecule has 0 bridgehead atoms. The molecule has 1 fully saturated rings. The maximum Gasteiger partial charge on any atom is 0.252 e. The third kappa shape index (κ3) is 2.95. The number of nitrogens with zero attached hydrogens (tertiary/aromatic N) is 4. The Morgan fingerprint density at radius 3 is 2.66 bits per heavy atom. The fraction of sp³-hybridized carbons (Fsp3) is 0.182. The predicted molar refractivity (Wildman–Crippen MR) is 106 cm³/mol. The Labute approximate surface area is 166 Å². The molecule has 0 saturated heterocycles. The number of carbonyl (C=O) groups is 1. The fourth-order valence-electron chi connectivity index (χ4n) is 3.83. The molecule has 1 N–H and O–H groups in total. The minimum atomic E-state index is -0.428. The van der Waals surface area contributed by atoms with E-state index in [0.717, 1.165) is 36.0 Å². The Balaban J connectivity index is 1.57. The molecule has 0 unspecified atom stereocenters. The average molecular weight is 387 g/mol. The van der Waals surface area contributed by atoms with E-state index < -0.39 is 11.4 Å². The van der Waals surface area contributed by atoms with E-state index >= 15 is 0 Å². The van der Waals surface area contributed by atoms with Crippen LogP contribution < -0.4 is 5.32 Å². The second-order valence-electron chi connectivity index (χ2n) is 7.28. The number of aromatic nitrogens is 4. The summed E-state index contributed by atoms with van der Waals surface area (Å²) in [6.07, 6.45) is 6.95. The quantitative estimate of drug-likeness (QED) is 0.530. The summed E-state index contributed by atoms with van der Waals surface area (Å²) in [6.45, 7) is 0. The molecule has 1 aliphatic rings. The van der Waals surface area contributed by atoms with E-state index in [9.17, 15) is 9.18 Å². The molecule has 4 aromatic rings. The van der Waals surface area contributed by atoms with E-state index in [1.165, 1.54) is 6.07 Å². The molecule has 7 heteroatoms. The summed E-state index contributed by atoms with van der Waals surface area (Å²) in [7, 11) is 0. The van der Waals surface area contributed by atoms with Crippen molar-refractivity contribution in [2.24, 2.45) is 0 Å². The number of fused-ring (bicyclic) bond motifs is 1. The van der Waals surface area contributed by atoms with Crippen LogP contribution in [0.3, 0.4) is 0 Å². The van der Waals surface area contributed by atoms with Crippen LogP contribution in [0.5, 0.6) is 0 Å². The van der Waals surface area contributed by atoms with Crippen molar-refractivity contribution in [1.82, 2.24) is 24.9 Å². The number of nitrogens with one attached hydrogen (secondary N) is 1. The number of benzene rings is 2. The lowest BCUT2D eigenvalue weighted by Crippen LogP contribution is -2.47. The molecule has 2 heterocycles. The molecule has 144 valence electrons. The third-order valence-corrected chi connectivity index (χ3v) is 5.60. The van der Waals surface area contributed by atoms with Gasteiger partial charge in [0.05, 0.1) is 11.1 Å². The molecule has 0 atom stereocenters. The Kier molecular flexibility index (Phi) is 4.08. The van der Waals surface area contributed by atoms with Crippen LogP contribution in [0.25, 0.3) is 28.3 Å². The molecule has 0 radical (unpaired) electrons. The van der Waals surface area contributed by atoms with Crippen molar-refractivity contribution in [2.75, 3.05) is 0 Å². The first-order valence-corrected chi connectivity index (χ1v) is 9.48. The molecular formula is C22H18FN5O. The van der Waals surface area contributed by atoms with Gasteiger partial charge in [-0.05, 0) is 42.5 Å². The van der Waals surface area contributed by atoms with Crippen LogP contribution in [0.15, 0.2) is 60.9 Å². The highest BCUT2D eigenvalue weighted by Gasteiger charge is 2.38. The van der Waals surface area contributed by atoms with Gasteiger partial charge in [0.2, 0.25) is 6.41 Å². The summed E-state index contributed by atoms with van der Waals surface area (Å²) >= 11 is 0. The Morgan fingerprint density at radius 2 is 1.93 bits per heavy atom. The minimum Gasteiger partial charge on any atom is -0.349 e. The van der Waals surface area contributed by atoms with E-state index in [1.54, 1.807) is 22.8 Å². The molecule has 1 amide bonds. The van der Waals surface area contributed by atoms with E-state index in [1.807, 2.05) is 36.5 Å². The van der Waals surface area contributed by atoms with Crippen molar-refractivity contribution < 1.29 is 9.18 Å². The van der Waals surface area contributed by atoms with Crippen molar-refractivity contribution in [1.29, 1.82) is 0 Å². The van der Waals surface area contributed by atoms with Gasteiger partial charge in [0.15, 0.2) is 5.82 Å². The van der Waals surface area contributed by atoms with Crippen molar-refractivity contribution in [2.45, 2.75) is 24.8 Å². The van der Waals surface area contributed by atoms with Crippen LogP contribution in [-0.4, -0.2) is 26.0 Å². The number of rotatable bonds is 5.